The number of carbonyl (C=O) groups is 3. The lowest BCUT2D eigenvalue weighted by Crippen LogP contribution is -2.58. The number of hydrogen-bond donors (Lipinski definition) is 2. The number of benzene rings is 4. The molecule has 11 nitrogen and oxygen atoms in total. The van der Waals surface area contributed by atoms with Crippen LogP contribution in [0.15, 0.2) is 95.9 Å². The van der Waals surface area contributed by atoms with Crippen LogP contribution in [0.1, 0.15) is 39.9 Å². The molecule has 0 spiro atoms. The number of methoxy groups -OCH3 is 1. The monoisotopic (exact) mass is 715 g/mol. The Labute approximate surface area is 295 Å². The Balaban J connectivity index is 1.27. The number of rotatable bonds is 5. The molecule has 13 heteroatoms. The van der Waals surface area contributed by atoms with Crippen LogP contribution in [0.5, 0.6) is 17.2 Å². The molecule has 0 aromatic heterocycles. The SMILES string of the molecule is COc1ccc2cc1OCC(=O)N[C@@H]1CN(C(=O)c3ccccc3S(=O)(=O)Cc3ccccc3)CC[C@H]1Oc1cc(F)cc(c1)CNC(=O)CC2. The molecule has 3 amide bonds. The highest BCUT2D eigenvalue weighted by atomic mass is 32.2. The number of nitrogens with one attached hydrogen (secondary N) is 2. The molecule has 0 unspecified atom stereocenters. The summed E-state index contributed by atoms with van der Waals surface area (Å²) < 4.78 is 59.4. The molecule has 51 heavy (non-hydrogen) atoms. The van der Waals surface area contributed by atoms with Crippen LogP contribution in [0.4, 0.5) is 4.39 Å². The second-order valence-electron chi connectivity index (χ2n) is 12.5. The first kappa shape index (κ1) is 35.4. The fourth-order valence-corrected chi connectivity index (χ4v) is 7.81. The van der Waals surface area contributed by atoms with E-state index in [0.717, 1.165) is 5.56 Å². The number of fused-ring (bicyclic) bond motifs is 5. The first-order valence-electron chi connectivity index (χ1n) is 16.5. The molecule has 266 valence electrons. The van der Waals surface area contributed by atoms with Crippen LogP contribution in [0.25, 0.3) is 0 Å². The standard InChI is InChI=1S/C38H38FN3O8S/c1-48-33-13-11-25-12-14-36(43)40-21-27-17-28(39)20-29(18-27)50-32-15-16-42(22-31(32)41-37(44)23-49-34(33)19-25)38(45)30-9-5-6-10-35(30)51(46,47)24-26-7-3-2-4-8-26/h2-11,13,17-20,31-32H,12,14-16,21-24H2,1H3,(H,40,43)(H,41,44)/t31-,32-/m1/s1. The first-order chi connectivity index (χ1) is 24.6. The number of amides is 3. The Morgan fingerprint density at radius 2 is 1.73 bits per heavy atom. The summed E-state index contributed by atoms with van der Waals surface area (Å²) in [5, 5.41) is 5.73. The molecular weight excluding hydrogens is 677 g/mol. The van der Waals surface area contributed by atoms with Crippen molar-refractivity contribution in [3.05, 3.63) is 119 Å². The molecule has 2 aliphatic heterocycles. The highest BCUT2D eigenvalue weighted by Crippen LogP contribution is 2.30. The number of hydrogen-bond acceptors (Lipinski definition) is 8. The van der Waals surface area contributed by atoms with Gasteiger partial charge in [-0.25, -0.2) is 12.8 Å². The van der Waals surface area contributed by atoms with Gasteiger partial charge in [-0.1, -0.05) is 48.5 Å². The molecule has 0 saturated carbocycles. The van der Waals surface area contributed by atoms with Crippen molar-refractivity contribution in [2.75, 3.05) is 26.8 Å². The van der Waals surface area contributed by atoms with Gasteiger partial charge >= 0.3 is 0 Å². The molecule has 1 saturated heterocycles. The molecule has 2 N–H and O–H groups in total. The average Bonchev–Trinajstić information content (AvgIpc) is 3.12. The van der Waals surface area contributed by atoms with E-state index in [-0.39, 0.29) is 60.3 Å². The van der Waals surface area contributed by atoms with Gasteiger partial charge in [-0.3, -0.25) is 14.4 Å². The topological polar surface area (TPSA) is 140 Å². The maximum atomic E-state index is 14.7. The lowest BCUT2D eigenvalue weighted by molar-refractivity contribution is -0.125. The lowest BCUT2D eigenvalue weighted by Gasteiger charge is -2.39. The van der Waals surface area contributed by atoms with E-state index < -0.39 is 46.2 Å². The van der Waals surface area contributed by atoms with Crippen LogP contribution in [-0.2, 0) is 38.1 Å². The van der Waals surface area contributed by atoms with Crippen molar-refractivity contribution in [3.63, 3.8) is 0 Å². The van der Waals surface area contributed by atoms with Gasteiger partial charge in [0.25, 0.3) is 11.8 Å². The van der Waals surface area contributed by atoms with Crippen molar-refractivity contribution in [3.8, 4) is 17.2 Å². The maximum Gasteiger partial charge on any atom is 0.258 e. The van der Waals surface area contributed by atoms with Crippen LogP contribution >= 0.6 is 0 Å². The van der Waals surface area contributed by atoms with Gasteiger partial charge in [-0.2, -0.15) is 0 Å². The van der Waals surface area contributed by atoms with Gasteiger partial charge < -0.3 is 29.7 Å². The molecular formula is C38H38FN3O8S. The van der Waals surface area contributed by atoms with E-state index in [4.69, 9.17) is 14.2 Å². The third-order valence-corrected chi connectivity index (χ3v) is 10.5. The van der Waals surface area contributed by atoms with Crippen molar-refractivity contribution >= 4 is 27.6 Å². The summed E-state index contributed by atoms with van der Waals surface area (Å²) in [5.74, 6) is -1.19. The van der Waals surface area contributed by atoms with Gasteiger partial charge in [0.15, 0.2) is 27.9 Å². The fourth-order valence-electron chi connectivity index (χ4n) is 6.24. The summed E-state index contributed by atoms with van der Waals surface area (Å²) in [6, 6.07) is 23.4. The summed E-state index contributed by atoms with van der Waals surface area (Å²) in [6.07, 6.45) is 0.0960. The number of piperidine rings is 1. The number of nitrogens with zero attached hydrogens (tertiary/aromatic N) is 1. The molecule has 2 atom stereocenters. The van der Waals surface area contributed by atoms with Gasteiger partial charge in [-0.15, -0.1) is 0 Å². The molecule has 0 radical (unpaired) electrons. The van der Waals surface area contributed by atoms with E-state index in [1.807, 2.05) is 0 Å². The minimum atomic E-state index is -3.90. The predicted octanol–water partition coefficient (Wildman–Crippen LogP) is 4.23. The minimum absolute atomic E-state index is 0.0199. The first-order valence-corrected chi connectivity index (χ1v) is 18.2. The lowest BCUT2D eigenvalue weighted by atomic mass is 10.0. The van der Waals surface area contributed by atoms with Gasteiger partial charge in [0.1, 0.15) is 17.7 Å². The van der Waals surface area contributed by atoms with E-state index in [1.54, 1.807) is 66.7 Å². The molecule has 4 aromatic carbocycles. The second kappa shape index (κ2) is 15.6. The van der Waals surface area contributed by atoms with Crippen molar-refractivity contribution < 1.29 is 41.4 Å². The fraction of sp³-hybridized carbons (Fsp3) is 0.289. The third-order valence-electron chi connectivity index (χ3n) is 8.77. The van der Waals surface area contributed by atoms with Gasteiger partial charge in [0, 0.05) is 38.5 Å². The van der Waals surface area contributed by atoms with Gasteiger partial charge in [0.05, 0.1) is 29.4 Å². The highest BCUT2D eigenvalue weighted by Gasteiger charge is 2.36. The number of aryl methyl sites for hydroxylation is 1. The average molecular weight is 716 g/mol. The largest absolute Gasteiger partial charge is 0.493 e. The highest BCUT2D eigenvalue weighted by molar-refractivity contribution is 7.90. The number of ether oxygens (including phenoxy) is 3. The minimum Gasteiger partial charge on any atom is -0.493 e. The van der Waals surface area contributed by atoms with Gasteiger partial charge in [-0.05, 0) is 59.5 Å². The Hall–Kier alpha value is -5.43. The van der Waals surface area contributed by atoms with Gasteiger partial charge in [0.2, 0.25) is 5.91 Å². The quantitative estimate of drug-likeness (QED) is 0.313. The second-order valence-corrected chi connectivity index (χ2v) is 14.4. The predicted molar refractivity (Wildman–Crippen MR) is 186 cm³/mol. The van der Waals surface area contributed by atoms with Crippen molar-refractivity contribution in [2.45, 2.75) is 48.6 Å². The third kappa shape index (κ3) is 8.84. The summed E-state index contributed by atoms with van der Waals surface area (Å²) in [5.41, 5.74) is 1.89. The zero-order valence-corrected chi connectivity index (χ0v) is 28.8. The maximum absolute atomic E-state index is 14.7. The van der Waals surface area contributed by atoms with E-state index in [1.165, 1.54) is 36.3 Å². The van der Waals surface area contributed by atoms with Crippen molar-refractivity contribution in [1.29, 1.82) is 0 Å². The van der Waals surface area contributed by atoms with E-state index in [9.17, 15) is 27.2 Å². The van der Waals surface area contributed by atoms with Crippen molar-refractivity contribution in [2.24, 2.45) is 0 Å². The number of halogens is 1. The molecule has 4 bridgehead atoms. The summed E-state index contributed by atoms with van der Waals surface area (Å²) in [7, 11) is -2.42. The van der Waals surface area contributed by atoms with Crippen LogP contribution in [0.3, 0.4) is 0 Å². The van der Waals surface area contributed by atoms with E-state index >= 15 is 0 Å². The molecule has 1 fully saturated rings. The summed E-state index contributed by atoms with van der Waals surface area (Å²) in [6.45, 7) is -0.188. The zero-order valence-electron chi connectivity index (χ0n) is 28.0. The number of carbonyl (C=O) groups excluding carboxylic acids is 3. The number of likely N-dealkylation sites (tertiary alicyclic amines) is 1. The molecule has 2 aliphatic rings. The van der Waals surface area contributed by atoms with Crippen molar-refractivity contribution in [1.82, 2.24) is 15.5 Å². The summed E-state index contributed by atoms with van der Waals surface area (Å²) in [4.78, 5) is 41.4. The molecule has 0 aliphatic carbocycles. The Kier molecular flexibility index (Phi) is 10.8. The smallest absolute Gasteiger partial charge is 0.258 e. The Morgan fingerprint density at radius 1 is 0.941 bits per heavy atom. The Morgan fingerprint density at radius 3 is 2.53 bits per heavy atom. The van der Waals surface area contributed by atoms with E-state index in [2.05, 4.69) is 10.6 Å². The number of sulfone groups is 1. The zero-order chi connectivity index (χ0) is 36.0. The normalized spacial score (nSPS) is 18.4. The Bertz CT molecular complexity index is 2020. The van der Waals surface area contributed by atoms with Crippen LogP contribution in [-0.4, -0.2) is 70.0 Å². The van der Waals surface area contributed by atoms with Crippen LogP contribution in [0.2, 0.25) is 0 Å². The molecule has 6 rings (SSSR count). The molecule has 4 aromatic rings. The van der Waals surface area contributed by atoms with Crippen LogP contribution < -0.4 is 24.8 Å². The summed E-state index contributed by atoms with van der Waals surface area (Å²) >= 11 is 0. The molecule has 2 heterocycles. The van der Waals surface area contributed by atoms with Crippen LogP contribution in [0, 0.1) is 5.82 Å². The van der Waals surface area contributed by atoms with E-state index in [0.29, 0.717) is 29.0 Å².